The highest BCUT2D eigenvalue weighted by Crippen LogP contribution is 2.29. The summed E-state index contributed by atoms with van der Waals surface area (Å²) >= 11 is 0. The Balaban J connectivity index is 1.43. The van der Waals surface area contributed by atoms with E-state index >= 15 is 0 Å². The van der Waals surface area contributed by atoms with Crippen molar-refractivity contribution < 1.29 is 14.3 Å². The summed E-state index contributed by atoms with van der Waals surface area (Å²) in [5, 5.41) is 2.87. The van der Waals surface area contributed by atoms with Crippen molar-refractivity contribution in [2.75, 3.05) is 44.8 Å². The van der Waals surface area contributed by atoms with Crippen LogP contribution in [0.4, 0.5) is 5.69 Å². The summed E-state index contributed by atoms with van der Waals surface area (Å²) in [5.41, 5.74) is 2.20. The van der Waals surface area contributed by atoms with Crippen molar-refractivity contribution in [2.24, 2.45) is 0 Å². The highest BCUT2D eigenvalue weighted by atomic mass is 16.5. The first-order valence-corrected chi connectivity index (χ1v) is 10.7. The maximum Gasteiger partial charge on any atom is 0.300 e. The van der Waals surface area contributed by atoms with Crippen molar-refractivity contribution in [2.45, 2.75) is 6.42 Å². The molecule has 0 saturated carbocycles. The third kappa shape index (κ3) is 6.20. The van der Waals surface area contributed by atoms with Crippen LogP contribution in [0.2, 0.25) is 0 Å². The van der Waals surface area contributed by atoms with Gasteiger partial charge in [0.15, 0.2) is 0 Å². The molecule has 1 aliphatic heterocycles. The minimum absolute atomic E-state index is 0.399. The van der Waals surface area contributed by atoms with Crippen molar-refractivity contribution in [1.82, 2.24) is 14.9 Å². The fourth-order valence-electron chi connectivity index (χ4n) is 3.42. The SMILES string of the molecule is O=C(C#Cc1ccccc1)Nc1cc(-c2ncc[nH]2)ccc1OCCCN1CCOCC1. The number of hydrogen-bond donors (Lipinski definition) is 2. The zero-order valence-electron chi connectivity index (χ0n) is 17.8. The van der Waals surface area contributed by atoms with Crippen LogP contribution in [0.1, 0.15) is 12.0 Å². The number of amides is 1. The number of aromatic nitrogens is 2. The lowest BCUT2D eigenvalue weighted by Crippen LogP contribution is -2.37. The Morgan fingerprint density at radius 2 is 2.03 bits per heavy atom. The third-order valence-electron chi connectivity index (χ3n) is 5.07. The number of benzene rings is 2. The molecule has 7 heteroatoms. The average Bonchev–Trinajstić information content (AvgIpc) is 3.38. The molecule has 1 fully saturated rings. The number of imidazole rings is 1. The zero-order chi connectivity index (χ0) is 22.0. The summed E-state index contributed by atoms with van der Waals surface area (Å²) in [5.74, 6) is 6.45. The Hall–Kier alpha value is -3.60. The second-order valence-electron chi connectivity index (χ2n) is 7.37. The summed E-state index contributed by atoms with van der Waals surface area (Å²) < 4.78 is 11.4. The minimum atomic E-state index is -0.399. The molecule has 2 heterocycles. The Bertz CT molecular complexity index is 1070. The van der Waals surface area contributed by atoms with E-state index in [0.29, 0.717) is 18.0 Å². The standard InChI is InChI=1S/C25H26N4O3/c30-24(10-7-20-5-2-1-3-6-20)28-22-19-21(25-26-11-12-27-25)8-9-23(22)32-16-4-13-29-14-17-31-18-15-29/h1-3,5-6,8-9,11-12,19H,4,13-18H2,(H,26,27)(H,28,30). The monoisotopic (exact) mass is 430 g/mol. The number of aromatic amines is 1. The molecule has 0 atom stereocenters. The Morgan fingerprint density at radius 1 is 1.19 bits per heavy atom. The highest BCUT2D eigenvalue weighted by Gasteiger charge is 2.12. The Kier molecular flexibility index (Phi) is 7.53. The van der Waals surface area contributed by atoms with Crippen LogP contribution in [0.5, 0.6) is 5.75 Å². The van der Waals surface area contributed by atoms with Gasteiger partial charge in [0.05, 0.1) is 25.5 Å². The zero-order valence-corrected chi connectivity index (χ0v) is 17.8. The first kappa shape index (κ1) is 21.6. The fourth-order valence-corrected chi connectivity index (χ4v) is 3.42. The number of nitrogens with zero attached hydrogens (tertiary/aromatic N) is 2. The van der Waals surface area contributed by atoms with Gasteiger partial charge in [-0.25, -0.2) is 4.98 Å². The highest BCUT2D eigenvalue weighted by molar-refractivity contribution is 6.05. The molecule has 1 amide bonds. The summed E-state index contributed by atoms with van der Waals surface area (Å²) in [6.45, 7) is 5.00. The lowest BCUT2D eigenvalue weighted by Gasteiger charge is -2.26. The number of H-pyrrole nitrogens is 1. The van der Waals surface area contributed by atoms with Crippen molar-refractivity contribution in [3.63, 3.8) is 0 Å². The number of rotatable bonds is 7. The van der Waals surface area contributed by atoms with E-state index in [1.165, 1.54) is 0 Å². The molecule has 3 aromatic rings. The number of carbonyl (C=O) groups is 1. The van der Waals surface area contributed by atoms with Crippen molar-refractivity contribution in [3.05, 3.63) is 66.5 Å². The number of hydrogen-bond acceptors (Lipinski definition) is 5. The summed E-state index contributed by atoms with van der Waals surface area (Å²) in [6.07, 6.45) is 4.34. The molecule has 2 aromatic carbocycles. The average molecular weight is 431 g/mol. The van der Waals surface area contributed by atoms with Gasteiger partial charge in [0, 0.05) is 49.1 Å². The van der Waals surface area contributed by atoms with Crippen LogP contribution >= 0.6 is 0 Å². The number of carbonyl (C=O) groups excluding carboxylic acids is 1. The molecule has 1 saturated heterocycles. The van der Waals surface area contributed by atoms with Crippen LogP contribution < -0.4 is 10.1 Å². The van der Waals surface area contributed by atoms with E-state index in [1.54, 1.807) is 12.4 Å². The molecule has 0 spiro atoms. The topological polar surface area (TPSA) is 79.5 Å². The summed E-state index contributed by atoms with van der Waals surface area (Å²) in [7, 11) is 0. The molecule has 0 bridgehead atoms. The number of nitrogens with one attached hydrogen (secondary N) is 2. The molecular formula is C25H26N4O3. The maximum absolute atomic E-state index is 12.5. The van der Waals surface area contributed by atoms with Crippen molar-refractivity contribution in [1.29, 1.82) is 0 Å². The molecule has 4 rings (SSSR count). The normalized spacial score (nSPS) is 13.8. The van der Waals surface area contributed by atoms with E-state index < -0.39 is 5.91 Å². The predicted octanol–water partition coefficient (Wildman–Crippen LogP) is 3.17. The van der Waals surface area contributed by atoms with Gasteiger partial charge in [0.1, 0.15) is 11.6 Å². The summed E-state index contributed by atoms with van der Waals surface area (Å²) in [6, 6.07) is 15.0. The lowest BCUT2D eigenvalue weighted by molar-refractivity contribution is -0.111. The van der Waals surface area contributed by atoms with E-state index in [2.05, 4.69) is 32.0 Å². The molecule has 32 heavy (non-hydrogen) atoms. The maximum atomic E-state index is 12.5. The van der Waals surface area contributed by atoms with Gasteiger partial charge >= 0.3 is 5.91 Å². The van der Waals surface area contributed by atoms with Gasteiger partial charge in [0.25, 0.3) is 0 Å². The van der Waals surface area contributed by atoms with Gasteiger partial charge in [-0.3, -0.25) is 9.69 Å². The Morgan fingerprint density at radius 3 is 2.81 bits per heavy atom. The minimum Gasteiger partial charge on any atom is -0.491 e. The van der Waals surface area contributed by atoms with Crippen LogP contribution in [0.3, 0.4) is 0 Å². The molecule has 1 aliphatic rings. The van der Waals surface area contributed by atoms with E-state index in [0.717, 1.165) is 56.2 Å². The molecule has 2 N–H and O–H groups in total. The van der Waals surface area contributed by atoms with Gasteiger partial charge in [0.2, 0.25) is 0 Å². The second-order valence-corrected chi connectivity index (χ2v) is 7.37. The van der Waals surface area contributed by atoms with E-state index in [4.69, 9.17) is 9.47 Å². The largest absolute Gasteiger partial charge is 0.491 e. The molecule has 0 aliphatic carbocycles. The van der Waals surface area contributed by atoms with E-state index in [9.17, 15) is 4.79 Å². The van der Waals surface area contributed by atoms with Crippen LogP contribution in [0.15, 0.2) is 60.9 Å². The van der Waals surface area contributed by atoms with Crippen molar-refractivity contribution >= 4 is 11.6 Å². The third-order valence-corrected chi connectivity index (χ3v) is 5.07. The first-order valence-electron chi connectivity index (χ1n) is 10.7. The molecular weight excluding hydrogens is 404 g/mol. The second kappa shape index (κ2) is 11.1. The van der Waals surface area contributed by atoms with Crippen LogP contribution in [-0.4, -0.2) is 60.2 Å². The van der Waals surface area contributed by atoms with Gasteiger partial charge in [-0.05, 0) is 36.8 Å². The van der Waals surface area contributed by atoms with Crippen molar-refractivity contribution in [3.8, 4) is 29.0 Å². The van der Waals surface area contributed by atoms with Gasteiger partial charge in [-0.1, -0.05) is 24.1 Å². The quantitative estimate of drug-likeness (QED) is 0.445. The number of ether oxygens (including phenoxy) is 2. The molecule has 7 nitrogen and oxygen atoms in total. The van der Waals surface area contributed by atoms with E-state index in [1.807, 2.05) is 48.5 Å². The van der Waals surface area contributed by atoms with Gasteiger partial charge < -0.3 is 19.8 Å². The van der Waals surface area contributed by atoms with Gasteiger partial charge in [-0.2, -0.15) is 0 Å². The van der Waals surface area contributed by atoms with Crippen LogP contribution in [-0.2, 0) is 9.53 Å². The fraction of sp³-hybridized carbons (Fsp3) is 0.280. The summed E-state index contributed by atoms with van der Waals surface area (Å²) in [4.78, 5) is 22.2. The molecule has 1 aromatic heterocycles. The molecule has 0 radical (unpaired) electrons. The lowest BCUT2D eigenvalue weighted by atomic mass is 10.1. The molecule has 0 unspecified atom stereocenters. The Labute approximate surface area is 187 Å². The van der Waals surface area contributed by atoms with Crippen LogP contribution in [0, 0.1) is 11.8 Å². The predicted molar refractivity (Wildman–Crippen MR) is 123 cm³/mol. The molecule has 164 valence electrons. The van der Waals surface area contributed by atoms with E-state index in [-0.39, 0.29) is 0 Å². The van der Waals surface area contributed by atoms with Crippen LogP contribution in [0.25, 0.3) is 11.4 Å². The first-order chi connectivity index (χ1) is 15.8. The number of anilines is 1. The number of morpholine rings is 1. The smallest absolute Gasteiger partial charge is 0.300 e. The van der Waals surface area contributed by atoms with Gasteiger partial charge in [-0.15, -0.1) is 0 Å².